The van der Waals surface area contributed by atoms with Gasteiger partial charge in [-0.2, -0.15) is 0 Å². The lowest BCUT2D eigenvalue weighted by Gasteiger charge is -2.26. The number of aldehydes is 1. The Morgan fingerprint density at radius 1 is 1.00 bits per heavy atom. The zero-order valence-electron chi connectivity index (χ0n) is 14.3. The number of benzene rings is 2. The van der Waals surface area contributed by atoms with Gasteiger partial charge in [-0.3, -0.25) is 4.79 Å². The average molecular weight is 308 g/mol. The highest BCUT2D eigenvalue weighted by molar-refractivity contribution is 5.78. The lowest BCUT2D eigenvalue weighted by molar-refractivity contribution is 0.104. The Labute approximate surface area is 138 Å². The van der Waals surface area contributed by atoms with Crippen molar-refractivity contribution in [2.24, 2.45) is 0 Å². The van der Waals surface area contributed by atoms with E-state index in [1.165, 1.54) is 0 Å². The molecule has 0 amide bonds. The van der Waals surface area contributed by atoms with E-state index in [-0.39, 0.29) is 5.60 Å². The number of rotatable bonds is 6. The maximum Gasteiger partial charge on any atom is 0.150 e. The molecule has 0 radical (unpaired) electrons. The van der Waals surface area contributed by atoms with Crippen LogP contribution < -0.4 is 4.74 Å². The summed E-state index contributed by atoms with van der Waals surface area (Å²) in [6, 6.07) is 13.7. The Morgan fingerprint density at radius 3 is 2.26 bits per heavy atom. The summed E-state index contributed by atoms with van der Waals surface area (Å²) in [5, 5.41) is 0. The fraction of sp³-hybridized carbons (Fsp3) is 0.286. The van der Waals surface area contributed by atoms with Crippen LogP contribution in [-0.2, 0) is 0 Å². The van der Waals surface area contributed by atoms with Crippen LogP contribution >= 0.6 is 0 Å². The standard InChI is InChI=1S/C21H24O2/c1-5-21(3,4)23-20-12-11-18(13-16(20)2)10-9-17-7-6-8-19(14-17)15-22/h6-15H,5H2,1-4H3. The lowest BCUT2D eigenvalue weighted by Crippen LogP contribution is -2.27. The SMILES string of the molecule is CCC(C)(C)Oc1ccc(C=Cc2cccc(C=O)c2)cc1C. The molecule has 0 aliphatic rings. The predicted molar refractivity (Wildman–Crippen MR) is 96.9 cm³/mol. The molecular weight excluding hydrogens is 284 g/mol. The van der Waals surface area contributed by atoms with Crippen LogP contribution in [0.5, 0.6) is 5.75 Å². The van der Waals surface area contributed by atoms with Gasteiger partial charge in [0.1, 0.15) is 17.6 Å². The van der Waals surface area contributed by atoms with E-state index >= 15 is 0 Å². The van der Waals surface area contributed by atoms with Crippen LogP contribution in [0.4, 0.5) is 0 Å². The number of ether oxygens (including phenoxy) is 1. The Morgan fingerprint density at radius 2 is 1.65 bits per heavy atom. The number of hydrogen-bond acceptors (Lipinski definition) is 2. The number of hydrogen-bond donors (Lipinski definition) is 0. The summed E-state index contributed by atoms with van der Waals surface area (Å²) >= 11 is 0. The van der Waals surface area contributed by atoms with Crippen molar-refractivity contribution in [3.8, 4) is 5.75 Å². The molecule has 2 nitrogen and oxygen atoms in total. The summed E-state index contributed by atoms with van der Waals surface area (Å²) in [6.45, 7) is 8.38. The van der Waals surface area contributed by atoms with E-state index in [1.54, 1.807) is 6.07 Å². The van der Waals surface area contributed by atoms with Crippen LogP contribution in [-0.4, -0.2) is 11.9 Å². The summed E-state index contributed by atoms with van der Waals surface area (Å²) in [5.74, 6) is 0.928. The molecule has 0 aliphatic heterocycles. The van der Waals surface area contributed by atoms with Crippen LogP contribution in [0.25, 0.3) is 12.2 Å². The van der Waals surface area contributed by atoms with E-state index in [2.05, 4.69) is 33.8 Å². The summed E-state index contributed by atoms with van der Waals surface area (Å²) in [6.07, 6.45) is 5.88. The minimum absolute atomic E-state index is 0.155. The molecule has 2 heteroatoms. The van der Waals surface area contributed by atoms with E-state index in [9.17, 15) is 4.79 Å². The van der Waals surface area contributed by atoms with Gasteiger partial charge in [-0.05, 0) is 62.1 Å². The number of carbonyl (C=O) groups is 1. The van der Waals surface area contributed by atoms with E-state index in [4.69, 9.17) is 4.74 Å². The first-order valence-electron chi connectivity index (χ1n) is 7.96. The van der Waals surface area contributed by atoms with Crippen molar-refractivity contribution in [1.29, 1.82) is 0 Å². The van der Waals surface area contributed by atoms with Gasteiger partial charge in [0.2, 0.25) is 0 Å². The minimum atomic E-state index is -0.155. The fourth-order valence-corrected chi connectivity index (χ4v) is 2.19. The summed E-state index contributed by atoms with van der Waals surface area (Å²) in [7, 11) is 0. The van der Waals surface area contributed by atoms with Crippen LogP contribution in [0.1, 0.15) is 54.2 Å². The second-order valence-corrected chi connectivity index (χ2v) is 6.36. The van der Waals surface area contributed by atoms with Gasteiger partial charge in [-0.25, -0.2) is 0 Å². The quantitative estimate of drug-likeness (QED) is 0.517. The van der Waals surface area contributed by atoms with Gasteiger partial charge in [0.15, 0.2) is 0 Å². The van der Waals surface area contributed by atoms with Gasteiger partial charge in [0.05, 0.1) is 0 Å². The molecule has 0 atom stereocenters. The number of carbonyl (C=O) groups excluding carboxylic acids is 1. The summed E-state index contributed by atoms with van der Waals surface area (Å²) < 4.78 is 6.07. The summed E-state index contributed by atoms with van der Waals surface area (Å²) in [4.78, 5) is 10.8. The van der Waals surface area contributed by atoms with Gasteiger partial charge >= 0.3 is 0 Å². The van der Waals surface area contributed by atoms with Crippen LogP contribution in [0.2, 0.25) is 0 Å². The Balaban J connectivity index is 2.16. The number of aryl methyl sites for hydroxylation is 1. The van der Waals surface area contributed by atoms with Crippen molar-refractivity contribution in [1.82, 2.24) is 0 Å². The largest absolute Gasteiger partial charge is 0.488 e. The molecule has 0 fully saturated rings. The zero-order valence-corrected chi connectivity index (χ0v) is 14.3. The maximum absolute atomic E-state index is 10.8. The van der Waals surface area contributed by atoms with Gasteiger partial charge in [-0.15, -0.1) is 0 Å². The molecule has 0 unspecified atom stereocenters. The highest BCUT2D eigenvalue weighted by Gasteiger charge is 2.17. The molecule has 23 heavy (non-hydrogen) atoms. The first kappa shape index (κ1) is 17.0. The second-order valence-electron chi connectivity index (χ2n) is 6.36. The molecule has 0 aliphatic carbocycles. The Bertz CT molecular complexity index is 712. The van der Waals surface area contributed by atoms with Crippen LogP contribution in [0, 0.1) is 6.92 Å². The molecule has 2 aromatic carbocycles. The van der Waals surface area contributed by atoms with Gasteiger partial charge in [0, 0.05) is 5.56 Å². The van der Waals surface area contributed by atoms with E-state index < -0.39 is 0 Å². The molecule has 120 valence electrons. The third kappa shape index (κ3) is 4.82. The monoisotopic (exact) mass is 308 g/mol. The molecule has 0 aromatic heterocycles. The molecule has 0 bridgehead atoms. The fourth-order valence-electron chi connectivity index (χ4n) is 2.19. The van der Waals surface area contributed by atoms with Crippen molar-refractivity contribution in [2.45, 2.75) is 39.7 Å². The van der Waals surface area contributed by atoms with E-state index in [0.29, 0.717) is 5.56 Å². The smallest absolute Gasteiger partial charge is 0.150 e. The third-order valence-electron chi connectivity index (χ3n) is 3.95. The molecule has 0 heterocycles. The van der Waals surface area contributed by atoms with E-state index in [0.717, 1.165) is 35.1 Å². The molecular formula is C21H24O2. The third-order valence-corrected chi connectivity index (χ3v) is 3.95. The topological polar surface area (TPSA) is 26.3 Å². The van der Waals surface area contributed by atoms with Crippen molar-refractivity contribution < 1.29 is 9.53 Å². The van der Waals surface area contributed by atoms with Crippen molar-refractivity contribution in [3.05, 3.63) is 64.7 Å². The zero-order chi connectivity index (χ0) is 16.9. The average Bonchev–Trinajstić information content (AvgIpc) is 2.55. The van der Waals surface area contributed by atoms with Crippen molar-refractivity contribution in [2.75, 3.05) is 0 Å². The van der Waals surface area contributed by atoms with Gasteiger partial charge < -0.3 is 4.74 Å². The van der Waals surface area contributed by atoms with Crippen molar-refractivity contribution in [3.63, 3.8) is 0 Å². The lowest BCUT2D eigenvalue weighted by atomic mass is 10.1. The summed E-state index contributed by atoms with van der Waals surface area (Å²) in [5.41, 5.74) is 3.78. The highest BCUT2D eigenvalue weighted by atomic mass is 16.5. The Kier molecular flexibility index (Phi) is 5.38. The first-order valence-corrected chi connectivity index (χ1v) is 7.96. The molecule has 0 spiro atoms. The molecule has 2 rings (SSSR count). The van der Waals surface area contributed by atoms with Crippen molar-refractivity contribution >= 4 is 18.4 Å². The maximum atomic E-state index is 10.8. The van der Waals surface area contributed by atoms with Crippen LogP contribution in [0.3, 0.4) is 0 Å². The molecule has 0 N–H and O–H groups in total. The minimum Gasteiger partial charge on any atom is -0.488 e. The van der Waals surface area contributed by atoms with Crippen LogP contribution in [0.15, 0.2) is 42.5 Å². The van der Waals surface area contributed by atoms with E-state index in [1.807, 2.05) is 42.5 Å². The second kappa shape index (κ2) is 7.28. The predicted octanol–water partition coefficient (Wildman–Crippen LogP) is 5.55. The molecule has 0 saturated heterocycles. The highest BCUT2D eigenvalue weighted by Crippen LogP contribution is 2.26. The Hall–Kier alpha value is -2.35. The normalized spacial score (nSPS) is 11.7. The van der Waals surface area contributed by atoms with Gasteiger partial charge in [0.25, 0.3) is 0 Å². The van der Waals surface area contributed by atoms with Gasteiger partial charge in [-0.1, -0.05) is 43.3 Å². The molecule has 0 saturated carbocycles. The first-order chi connectivity index (χ1) is 10.9. The molecule has 2 aromatic rings.